The van der Waals surface area contributed by atoms with Crippen LogP contribution in [0.3, 0.4) is 0 Å². The van der Waals surface area contributed by atoms with Crippen LogP contribution in [0.25, 0.3) is 0 Å². The van der Waals surface area contributed by atoms with E-state index < -0.39 is 0 Å². The van der Waals surface area contributed by atoms with Crippen molar-refractivity contribution in [3.05, 3.63) is 18.0 Å². The standard InChI is InChI=1S/C14H27N5.HI/c1-11(2)12(3)18-14(15-4)16-8-6-7-13-9-17-19(5)10-13;/h9-12H,6-8H2,1-5H3,(H2,15,16,18);1H. The molecule has 1 rings (SSSR count). The Balaban J connectivity index is 0.00000361. The third-order valence-corrected chi connectivity index (χ3v) is 3.28. The maximum Gasteiger partial charge on any atom is 0.191 e. The Morgan fingerprint density at radius 3 is 2.60 bits per heavy atom. The number of nitrogens with zero attached hydrogens (tertiary/aromatic N) is 3. The van der Waals surface area contributed by atoms with Gasteiger partial charge in [0.15, 0.2) is 5.96 Å². The van der Waals surface area contributed by atoms with Crippen LogP contribution in [0.4, 0.5) is 0 Å². The van der Waals surface area contributed by atoms with Gasteiger partial charge in [0.1, 0.15) is 0 Å². The summed E-state index contributed by atoms with van der Waals surface area (Å²) in [6, 6.07) is 0.421. The van der Waals surface area contributed by atoms with Gasteiger partial charge in [-0.25, -0.2) is 0 Å². The molecule has 1 aromatic heterocycles. The monoisotopic (exact) mass is 393 g/mol. The topological polar surface area (TPSA) is 54.2 Å². The van der Waals surface area contributed by atoms with E-state index in [2.05, 4.69) is 47.7 Å². The molecule has 0 aromatic carbocycles. The van der Waals surface area contributed by atoms with Crippen molar-refractivity contribution in [3.8, 4) is 0 Å². The van der Waals surface area contributed by atoms with E-state index in [9.17, 15) is 0 Å². The second-order valence-corrected chi connectivity index (χ2v) is 5.30. The number of aliphatic imine (C=N–C) groups is 1. The molecule has 1 aromatic rings. The third kappa shape index (κ3) is 7.12. The quantitative estimate of drug-likeness (QED) is 0.337. The molecule has 116 valence electrons. The predicted octanol–water partition coefficient (Wildman–Crippen LogP) is 2.18. The molecule has 0 aliphatic heterocycles. The summed E-state index contributed by atoms with van der Waals surface area (Å²) < 4.78 is 1.84. The van der Waals surface area contributed by atoms with Crippen molar-refractivity contribution in [2.24, 2.45) is 18.0 Å². The molecule has 0 bridgehead atoms. The first-order valence-corrected chi connectivity index (χ1v) is 6.97. The number of halogens is 1. The molecule has 0 amide bonds. The Bertz CT molecular complexity index is 400. The Hall–Kier alpha value is -0.790. The van der Waals surface area contributed by atoms with Gasteiger partial charge in [0.2, 0.25) is 0 Å². The van der Waals surface area contributed by atoms with E-state index in [0.717, 1.165) is 25.3 Å². The minimum Gasteiger partial charge on any atom is -0.356 e. The SMILES string of the molecule is CN=C(NCCCc1cnn(C)c1)NC(C)C(C)C.I. The molecule has 0 radical (unpaired) electrons. The smallest absolute Gasteiger partial charge is 0.191 e. The molecular weight excluding hydrogens is 365 g/mol. The zero-order valence-electron chi connectivity index (χ0n) is 13.2. The molecule has 0 spiro atoms. The maximum atomic E-state index is 4.24. The van der Waals surface area contributed by atoms with Crippen LogP contribution >= 0.6 is 24.0 Å². The number of guanidine groups is 1. The summed E-state index contributed by atoms with van der Waals surface area (Å²) in [6.45, 7) is 7.49. The predicted molar refractivity (Wildman–Crippen MR) is 95.7 cm³/mol. The van der Waals surface area contributed by atoms with E-state index in [-0.39, 0.29) is 24.0 Å². The number of hydrogen-bond acceptors (Lipinski definition) is 2. The van der Waals surface area contributed by atoms with E-state index in [1.54, 1.807) is 0 Å². The van der Waals surface area contributed by atoms with Gasteiger partial charge in [-0.3, -0.25) is 9.67 Å². The van der Waals surface area contributed by atoms with Gasteiger partial charge in [0.25, 0.3) is 0 Å². The van der Waals surface area contributed by atoms with Crippen LogP contribution in [0.1, 0.15) is 32.8 Å². The van der Waals surface area contributed by atoms with Crippen LogP contribution in [0.15, 0.2) is 17.4 Å². The fourth-order valence-corrected chi connectivity index (χ4v) is 1.68. The summed E-state index contributed by atoms with van der Waals surface area (Å²) >= 11 is 0. The molecule has 0 fully saturated rings. The number of aromatic nitrogens is 2. The molecule has 1 heterocycles. The highest BCUT2D eigenvalue weighted by molar-refractivity contribution is 14.0. The lowest BCUT2D eigenvalue weighted by molar-refractivity contribution is 0.480. The molecule has 20 heavy (non-hydrogen) atoms. The van der Waals surface area contributed by atoms with E-state index in [1.807, 2.05) is 25.0 Å². The van der Waals surface area contributed by atoms with Crippen molar-refractivity contribution in [3.63, 3.8) is 0 Å². The van der Waals surface area contributed by atoms with Crippen molar-refractivity contribution < 1.29 is 0 Å². The van der Waals surface area contributed by atoms with Crippen molar-refractivity contribution in [2.75, 3.05) is 13.6 Å². The number of rotatable bonds is 6. The van der Waals surface area contributed by atoms with Crippen LogP contribution < -0.4 is 10.6 Å². The maximum absolute atomic E-state index is 4.24. The van der Waals surface area contributed by atoms with Gasteiger partial charge in [-0.2, -0.15) is 5.10 Å². The molecule has 6 heteroatoms. The van der Waals surface area contributed by atoms with Gasteiger partial charge in [-0.15, -0.1) is 24.0 Å². The van der Waals surface area contributed by atoms with E-state index in [0.29, 0.717) is 12.0 Å². The molecule has 0 saturated carbocycles. The largest absolute Gasteiger partial charge is 0.356 e. The zero-order chi connectivity index (χ0) is 14.3. The molecule has 0 aliphatic carbocycles. The molecule has 0 aliphatic rings. The third-order valence-electron chi connectivity index (χ3n) is 3.28. The van der Waals surface area contributed by atoms with Crippen LogP contribution in [0, 0.1) is 5.92 Å². The number of hydrogen-bond donors (Lipinski definition) is 2. The van der Waals surface area contributed by atoms with Gasteiger partial charge in [0, 0.05) is 32.9 Å². The van der Waals surface area contributed by atoms with Crippen molar-refractivity contribution in [2.45, 2.75) is 39.7 Å². The van der Waals surface area contributed by atoms with Crippen molar-refractivity contribution in [1.29, 1.82) is 0 Å². The summed E-state index contributed by atoms with van der Waals surface area (Å²) in [6.07, 6.45) is 6.10. The summed E-state index contributed by atoms with van der Waals surface area (Å²) in [7, 11) is 3.75. The van der Waals surface area contributed by atoms with Gasteiger partial charge < -0.3 is 10.6 Å². The van der Waals surface area contributed by atoms with E-state index in [1.165, 1.54) is 5.56 Å². The first-order chi connectivity index (χ1) is 9.02. The normalized spacial score (nSPS) is 13.0. The summed E-state index contributed by atoms with van der Waals surface area (Å²) in [5.41, 5.74) is 1.28. The van der Waals surface area contributed by atoms with E-state index in [4.69, 9.17) is 0 Å². The minimum absolute atomic E-state index is 0. The van der Waals surface area contributed by atoms with Crippen molar-refractivity contribution in [1.82, 2.24) is 20.4 Å². The Kier molecular flexibility index (Phi) is 9.62. The fraction of sp³-hybridized carbons (Fsp3) is 0.714. The summed E-state index contributed by atoms with van der Waals surface area (Å²) in [4.78, 5) is 4.24. The molecule has 1 atom stereocenters. The number of aryl methyl sites for hydroxylation is 2. The Morgan fingerprint density at radius 2 is 2.10 bits per heavy atom. The lowest BCUT2D eigenvalue weighted by Gasteiger charge is -2.20. The average Bonchev–Trinajstić information content (AvgIpc) is 2.78. The summed E-state index contributed by atoms with van der Waals surface area (Å²) in [5, 5.41) is 10.9. The second-order valence-electron chi connectivity index (χ2n) is 5.30. The van der Waals surface area contributed by atoms with Crippen LogP contribution in [-0.2, 0) is 13.5 Å². The highest BCUT2D eigenvalue weighted by Gasteiger charge is 2.08. The lowest BCUT2D eigenvalue weighted by Crippen LogP contribution is -2.44. The van der Waals surface area contributed by atoms with Gasteiger partial charge in [-0.05, 0) is 31.2 Å². The Morgan fingerprint density at radius 1 is 1.40 bits per heavy atom. The minimum atomic E-state index is 0. The van der Waals surface area contributed by atoms with Gasteiger partial charge in [0.05, 0.1) is 6.20 Å². The lowest BCUT2D eigenvalue weighted by atomic mass is 10.1. The Labute approximate surface area is 139 Å². The highest BCUT2D eigenvalue weighted by Crippen LogP contribution is 2.01. The fourth-order valence-electron chi connectivity index (χ4n) is 1.68. The highest BCUT2D eigenvalue weighted by atomic mass is 127. The first kappa shape index (κ1) is 19.2. The molecule has 0 saturated heterocycles. The van der Waals surface area contributed by atoms with Crippen LogP contribution in [0.2, 0.25) is 0 Å². The number of nitrogens with one attached hydrogen (secondary N) is 2. The molecule has 5 nitrogen and oxygen atoms in total. The average molecular weight is 393 g/mol. The van der Waals surface area contributed by atoms with Crippen LogP contribution in [-0.4, -0.2) is 35.4 Å². The second kappa shape index (κ2) is 10.0. The molecular formula is C14H28IN5. The van der Waals surface area contributed by atoms with Gasteiger partial charge in [-0.1, -0.05) is 13.8 Å². The van der Waals surface area contributed by atoms with E-state index >= 15 is 0 Å². The zero-order valence-corrected chi connectivity index (χ0v) is 15.5. The first-order valence-electron chi connectivity index (χ1n) is 6.97. The molecule has 1 unspecified atom stereocenters. The van der Waals surface area contributed by atoms with Crippen molar-refractivity contribution >= 4 is 29.9 Å². The summed E-state index contributed by atoms with van der Waals surface area (Å²) in [5.74, 6) is 1.47. The van der Waals surface area contributed by atoms with Crippen LogP contribution in [0.5, 0.6) is 0 Å². The van der Waals surface area contributed by atoms with Gasteiger partial charge >= 0.3 is 0 Å². The molecule has 2 N–H and O–H groups in total.